The second kappa shape index (κ2) is 10.6. The lowest BCUT2D eigenvalue weighted by atomic mass is 10.1. The molecule has 0 aliphatic heterocycles. The van der Waals surface area contributed by atoms with Gasteiger partial charge in [0.15, 0.2) is 0 Å². The van der Waals surface area contributed by atoms with Crippen molar-refractivity contribution in [3.8, 4) is 5.75 Å². The number of carbonyl (C=O) groups excluding carboxylic acids is 1. The van der Waals surface area contributed by atoms with Gasteiger partial charge in [-0.1, -0.05) is 24.3 Å². The lowest BCUT2D eigenvalue weighted by Gasteiger charge is -2.23. The molecule has 0 aliphatic carbocycles. The molecule has 6 nitrogen and oxygen atoms in total. The fourth-order valence-corrected chi connectivity index (χ4v) is 4.45. The number of halogens is 2. The fraction of sp³-hybridized carbons (Fsp3) is 0.174. The van der Waals surface area contributed by atoms with Crippen LogP contribution in [0.3, 0.4) is 0 Å². The van der Waals surface area contributed by atoms with E-state index in [4.69, 9.17) is 4.74 Å². The van der Waals surface area contributed by atoms with E-state index < -0.39 is 10.0 Å². The van der Waals surface area contributed by atoms with Crippen LogP contribution in [0.25, 0.3) is 0 Å². The maximum Gasteiger partial charge on any atom is 0.251 e. The van der Waals surface area contributed by atoms with Crippen LogP contribution in [0.1, 0.15) is 15.9 Å². The minimum absolute atomic E-state index is 0.134. The molecule has 168 valence electrons. The number of carbonyl (C=O) groups is 1. The van der Waals surface area contributed by atoms with E-state index in [1.165, 1.54) is 28.6 Å². The lowest BCUT2D eigenvalue weighted by molar-refractivity contribution is 0.0947. The van der Waals surface area contributed by atoms with Gasteiger partial charge in [0.05, 0.1) is 25.0 Å². The first-order valence-electron chi connectivity index (χ1n) is 9.72. The number of ether oxygens (including phenoxy) is 1. The molecule has 0 aromatic heterocycles. The SMILES string of the molecule is CS(=O)(=O)N(Cc1ccc(C(=O)NCCOc2ccc(F)cc2)cc1)c1ccccc1Br. The highest BCUT2D eigenvalue weighted by atomic mass is 79.9. The van der Waals surface area contributed by atoms with Gasteiger partial charge in [-0.05, 0) is 70.0 Å². The third kappa shape index (κ3) is 6.54. The van der Waals surface area contributed by atoms with Gasteiger partial charge in [-0.3, -0.25) is 9.10 Å². The molecule has 0 spiro atoms. The summed E-state index contributed by atoms with van der Waals surface area (Å²) < 4.78 is 45.0. The molecule has 0 fully saturated rings. The van der Waals surface area contributed by atoms with Gasteiger partial charge in [0.1, 0.15) is 18.2 Å². The second-order valence-electron chi connectivity index (χ2n) is 6.98. The largest absolute Gasteiger partial charge is 0.492 e. The van der Waals surface area contributed by atoms with Crippen LogP contribution in [-0.4, -0.2) is 33.7 Å². The highest BCUT2D eigenvalue weighted by Crippen LogP contribution is 2.29. The van der Waals surface area contributed by atoms with Crippen LogP contribution in [0.4, 0.5) is 10.1 Å². The van der Waals surface area contributed by atoms with Crippen molar-refractivity contribution in [1.29, 1.82) is 0 Å². The molecule has 0 aliphatic rings. The Morgan fingerprint density at radius 1 is 1.03 bits per heavy atom. The molecular weight excluding hydrogens is 499 g/mol. The fourth-order valence-electron chi connectivity index (χ4n) is 2.93. The minimum atomic E-state index is -3.52. The number of sulfonamides is 1. The number of hydrogen-bond donors (Lipinski definition) is 1. The van der Waals surface area contributed by atoms with E-state index in [-0.39, 0.29) is 31.4 Å². The summed E-state index contributed by atoms with van der Waals surface area (Å²) in [5.41, 5.74) is 1.72. The van der Waals surface area contributed by atoms with Crippen molar-refractivity contribution in [3.63, 3.8) is 0 Å². The lowest BCUT2D eigenvalue weighted by Crippen LogP contribution is -2.30. The van der Waals surface area contributed by atoms with Crippen LogP contribution in [0.15, 0.2) is 77.3 Å². The molecular formula is C23H22BrFN2O4S. The number of para-hydroxylation sites is 1. The van der Waals surface area contributed by atoms with Crippen molar-refractivity contribution >= 4 is 37.5 Å². The molecule has 0 atom stereocenters. The van der Waals surface area contributed by atoms with Crippen molar-refractivity contribution in [2.45, 2.75) is 6.54 Å². The van der Waals surface area contributed by atoms with E-state index in [0.717, 1.165) is 11.8 Å². The number of amides is 1. The van der Waals surface area contributed by atoms with Crippen LogP contribution in [-0.2, 0) is 16.6 Å². The summed E-state index contributed by atoms with van der Waals surface area (Å²) in [5, 5.41) is 2.75. The summed E-state index contributed by atoms with van der Waals surface area (Å²) >= 11 is 3.40. The van der Waals surface area contributed by atoms with Gasteiger partial charge >= 0.3 is 0 Å². The van der Waals surface area contributed by atoms with E-state index in [1.807, 2.05) is 6.07 Å². The Morgan fingerprint density at radius 2 is 1.69 bits per heavy atom. The standard InChI is InChI=1S/C23H22BrFN2O4S/c1-32(29,30)27(22-5-3-2-4-21(22)24)16-17-6-8-18(9-7-17)23(28)26-14-15-31-20-12-10-19(25)11-13-20/h2-13H,14-16H2,1H3,(H,26,28). The zero-order chi connectivity index (χ0) is 23.1. The van der Waals surface area contributed by atoms with E-state index in [0.29, 0.717) is 21.5 Å². The molecule has 3 rings (SSSR count). The van der Waals surface area contributed by atoms with Crippen LogP contribution >= 0.6 is 15.9 Å². The first-order chi connectivity index (χ1) is 15.2. The summed E-state index contributed by atoms with van der Waals surface area (Å²) in [5.74, 6) is -0.0966. The van der Waals surface area contributed by atoms with Gasteiger partial charge in [0, 0.05) is 10.0 Å². The molecule has 0 unspecified atom stereocenters. The number of rotatable bonds is 9. The molecule has 0 radical (unpaired) electrons. The molecule has 1 amide bonds. The molecule has 0 saturated heterocycles. The quantitative estimate of drug-likeness (QED) is 0.425. The van der Waals surface area contributed by atoms with Gasteiger partial charge in [-0.15, -0.1) is 0 Å². The predicted octanol–water partition coefficient (Wildman–Crippen LogP) is 4.36. The van der Waals surface area contributed by atoms with Crippen molar-refractivity contribution < 1.29 is 22.3 Å². The van der Waals surface area contributed by atoms with Crippen LogP contribution in [0, 0.1) is 5.82 Å². The van der Waals surface area contributed by atoms with Gasteiger partial charge in [0.25, 0.3) is 5.91 Å². The Balaban J connectivity index is 1.58. The minimum Gasteiger partial charge on any atom is -0.492 e. The van der Waals surface area contributed by atoms with Gasteiger partial charge in [0.2, 0.25) is 10.0 Å². The Kier molecular flexibility index (Phi) is 7.87. The molecule has 1 N–H and O–H groups in total. The first-order valence-corrected chi connectivity index (χ1v) is 12.4. The number of nitrogens with zero attached hydrogens (tertiary/aromatic N) is 1. The average Bonchev–Trinajstić information content (AvgIpc) is 2.76. The smallest absolute Gasteiger partial charge is 0.251 e. The topological polar surface area (TPSA) is 75.7 Å². The van der Waals surface area contributed by atoms with Crippen LogP contribution < -0.4 is 14.4 Å². The average molecular weight is 521 g/mol. The van der Waals surface area contributed by atoms with Crippen LogP contribution in [0.2, 0.25) is 0 Å². The summed E-state index contributed by atoms with van der Waals surface area (Å²) in [4.78, 5) is 12.3. The summed E-state index contributed by atoms with van der Waals surface area (Å²) in [7, 11) is -3.52. The Morgan fingerprint density at radius 3 is 2.31 bits per heavy atom. The van der Waals surface area contributed by atoms with Crippen molar-refractivity contribution in [1.82, 2.24) is 5.32 Å². The maximum atomic E-state index is 12.9. The third-order valence-corrected chi connectivity index (χ3v) is 6.33. The zero-order valence-corrected chi connectivity index (χ0v) is 19.7. The Hall–Kier alpha value is -2.91. The molecule has 0 bridgehead atoms. The van der Waals surface area contributed by atoms with Crippen molar-refractivity contribution in [3.05, 3.63) is 94.2 Å². The highest BCUT2D eigenvalue weighted by molar-refractivity contribution is 9.10. The monoisotopic (exact) mass is 520 g/mol. The molecule has 0 heterocycles. The molecule has 0 saturated carbocycles. The summed E-state index contributed by atoms with van der Waals surface area (Å²) in [6, 6.07) is 19.5. The van der Waals surface area contributed by atoms with E-state index >= 15 is 0 Å². The highest BCUT2D eigenvalue weighted by Gasteiger charge is 2.20. The molecule has 9 heteroatoms. The maximum absolute atomic E-state index is 12.9. The predicted molar refractivity (Wildman–Crippen MR) is 126 cm³/mol. The summed E-state index contributed by atoms with van der Waals surface area (Å²) in [6.45, 7) is 0.654. The third-order valence-electron chi connectivity index (χ3n) is 4.53. The Labute approximate surface area is 195 Å². The molecule has 32 heavy (non-hydrogen) atoms. The van der Waals surface area contributed by atoms with Gasteiger partial charge in [-0.25, -0.2) is 12.8 Å². The first kappa shape index (κ1) is 23.7. The summed E-state index contributed by atoms with van der Waals surface area (Å²) in [6.07, 6.45) is 1.16. The number of hydrogen-bond acceptors (Lipinski definition) is 4. The normalized spacial score (nSPS) is 11.1. The van der Waals surface area contributed by atoms with Crippen molar-refractivity contribution in [2.75, 3.05) is 23.7 Å². The second-order valence-corrected chi connectivity index (χ2v) is 9.74. The molecule has 3 aromatic carbocycles. The van der Waals surface area contributed by atoms with Crippen molar-refractivity contribution in [2.24, 2.45) is 0 Å². The van der Waals surface area contributed by atoms with E-state index in [2.05, 4.69) is 21.2 Å². The van der Waals surface area contributed by atoms with Crippen LogP contribution in [0.5, 0.6) is 5.75 Å². The zero-order valence-electron chi connectivity index (χ0n) is 17.3. The van der Waals surface area contributed by atoms with Gasteiger partial charge < -0.3 is 10.1 Å². The van der Waals surface area contributed by atoms with Gasteiger partial charge in [-0.2, -0.15) is 0 Å². The molecule has 3 aromatic rings. The van der Waals surface area contributed by atoms with E-state index in [1.54, 1.807) is 42.5 Å². The van der Waals surface area contributed by atoms with E-state index in [9.17, 15) is 17.6 Å². The Bertz CT molecular complexity index is 1170. The number of benzene rings is 3. The number of nitrogens with one attached hydrogen (secondary N) is 1. The number of anilines is 1.